The van der Waals surface area contributed by atoms with Gasteiger partial charge in [-0.15, -0.1) is 16.9 Å². The minimum atomic E-state index is -5.00. The lowest BCUT2D eigenvalue weighted by molar-refractivity contribution is -0.143. The molecule has 0 N–H and O–H groups in total. The molecule has 0 spiro atoms. The third kappa shape index (κ3) is 6.14. The molecule has 0 aliphatic carbocycles. The van der Waals surface area contributed by atoms with Crippen molar-refractivity contribution < 1.29 is 31.1 Å². The van der Waals surface area contributed by atoms with E-state index in [1.165, 1.54) is 11.8 Å². The average Bonchev–Trinajstić information content (AvgIpc) is 3.60. The van der Waals surface area contributed by atoms with E-state index in [2.05, 4.69) is 10.3 Å². The van der Waals surface area contributed by atoms with E-state index in [-0.39, 0.29) is 29.1 Å². The van der Waals surface area contributed by atoms with Crippen LogP contribution in [-0.2, 0) is 18.9 Å². The maximum absolute atomic E-state index is 14.0. The van der Waals surface area contributed by atoms with Crippen molar-refractivity contribution in [2.24, 2.45) is 0 Å². The maximum atomic E-state index is 14.0. The monoisotopic (exact) mass is 624 g/mol. The molecular formula is C29H23ClF6N4OS. The van der Waals surface area contributed by atoms with Crippen LogP contribution < -0.4 is 0 Å². The molecule has 1 saturated heterocycles. The predicted octanol–water partition coefficient (Wildman–Crippen LogP) is 8.38. The summed E-state index contributed by atoms with van der Waals surface area (Å²) in [6.07, 6.45) is -6.76. The fraction of sp³-hybridized carbons (Fsp3) is 0.276. The van der Waals surface area contributed by atoms with Crippen LogP contribution in [0.4, 0.5) is 26.3 Å². The van der Waals surface area contributed by atoms with Crippen LogP contribution in [0.2, 0.25) is 5.02 Å². The van der Waals surface area contributed by atoms with Gasteiger partial charge in [0, 0.05) is 22.0 Å². The van der Waals surface area contributed by atoms with Gasteiger partial charge in [-0.2, -0.15) is 26.3 Å². The number of carbonyl (C=O) groups excluding carboxylic acids is 1. The highest BCUT2D eigenvalue weighted by molar-refractivity contribution is 7.98. The summed E-state index contributed by atoms with van der Waals surface area (Å²) in [7, 11) is 0. The van der Waals surface area contributed by atoms with Crippen molar-refractivity contribution in [3.63, 3.8) is 0 Å². The summed E-state index contributed by atoms with van der Waals surface area (Å²) >= 11 is 7.91. The lowest BCUT2D eigenvalue weighted by Gasteiger charge is -2.25. The van der Waals surface area contributed by atoms with Gasteiger partial charge in [0.15, 0.2) is 5.69 Å². The van der Waals surface area contributed by atoms with Crippen LogP contribution in [-0.4, -0.2) is 38.6 Å². The summed E-state index contributed by atoms with van der Waals surface area (Å²) in [6.45, 7) is -0.0736. The third-order valence-corrected chi connectivity index (χ3v) is 8.15. The van der Waals surface area contributed by atoms with Crippen molar-refractivity contribution in [3.05, 3.63) is 99.7 Å². The van der Waals surface area contributed by atoms with Crippen LogP contribution >= 0.6 is 23.4 Å². The van der Waals surface area contributed by atoms with Crippen molar-refractivity contribution in [2.45, 2.75) is 42.7 Å². The highest BCUT2D eigenvalue weighted by Crippen LogP contribution is 2.39. The standard InChI is InChI=1S/C29H23ClF6N4OS/c1-42-21-10-8-18(9-11-21)26-25(27(41)39-12-4-7-24(39)22-5-2-3-6-23(22)30)37-38-40(26)16-17-13-19(28(31,32)33)15-20(14-17)29(34,35)36/h2-3,5-6,8-11,13-15,24H,4,7,12,16H2,1H3. The van der Waals surface area contributed by atoms with Crippen LogP contribution in [0.15, 0.2) is 71.6 Å². The second-order valence-electron chi connectivity index (χ2n) is 9.77. The molecule has 1 unspecified atom stereocenters. The summed E-state index contributed by atoms with van der Waals surface area (Å²) in [5, 5.41) is 8.66. The summed E-state index contributed by atoms with van der Waals surface area (Å²) in [4.78, 5) is 16.5. The molecule has 2 heterocycles. The Labute approximate surface area is 246 Å². The zero-order valence-electron chi connectivity index (χ0n) is 22.0. The number of hydrogen-bond acceptors (Lipinski definition) is 4. The molecule has 1 atom stereocenters. The van der Waals surface area contributed by atoms with Crippen LogP contribution in [0.3, 0.4) is 0 Å². The van der Waals surface area contributed by atoms with Gasteiger partial charge in [-0.25, -0.2) is 4.68 Å². The molecule has 5 rings (SSSR count). The first kappa shape index (κ1) is 30.0. The Balaban J connectivity index is 1.59. The Kier molecular flexibility index (Phi) is 8.30. The number of halogens is 7. The van der Waals surface area contributed by atoms with Crippen LogP contribution in [0.5, 0.6) is 0 Å². The minimum Gasteiger partial charge on any atom is -0.330 e. The van der Waals surface area contributed by atoms with Crippen molar-refractivity contribution >= 4 is 29.3 Å². The molecule has 1 aliphatic heterocycles. The van der Waals surface area contributed by atoms with E-state index in [1.807, 2.05) is 18.4 Å². The van der Waals surface area contributed by atoms with Gasteiger partial charge in [0.25, 0.3) is 5.91 Å². The number of alkyl halides is 6. The average molecular weight is 625 g/mol. The summed E-state index contributed by atoms with van der Waals surface area (Å²) < 4.78 is 82.3. The van der Waals surface area contributed by atoms with Crippen LogP contribution in [0, 0.1) is 0 Å². The fourth-order valence-electron chi connectivity index (χ4n) is 5.10. The molecule has 5 nitrogen and oxygen atoms in total. The summed E-state index contributed by atoms with van der Waals surface area (Å²) in [5.41, 5.74) is -1.79. The normalized spacial score (nSPS) is 15.8. The number of rotatable bonds is 6. The Morgan fingerprint density at radius 3 is 2.21 bits per heavy atom. The number of thioether (sulfide) groups is 1. The lowest BCUT2D eigenvalue weighted by Crippen LogP contribution is -2.31. The van der Waals surface area contributed by atoms with E-state index in [4.69, 9.17) is 11.6 Å². The Morgan fingerprint density at radius 1 is 0.976 bits per heavy atom. The lowest BCUT2D eigenvalue weighted by atomic mass is 10.0. The molecule has 13 heteroatoms. The summed E-state index contributed by atoms with van der Waals surface area (Å²) in [5.74, 6) is -0.465. The highest BCUT2D eigenvalue weighted by Gasteiger charge is 2.38. The number of nitrogens with zero attached hydrogens (tertiary/aromatic N) is 4. The van der Waals surface area contributed by atoms with Crippen molar-refractivity contribution in [2.75, 3.05) is 12.8 Å². The predicted molar refractivity (Wildman–Crippen MR) is 147 cm³/mol. The van der Waals surface area contributed by atoms with Crippen molar-refractivity contribution in [3.8, 4) is 11.3 Å². The maximum Gasteiger partial charge on any atom is 0.416 e. The molecular weight excluding hydrogens is 602 g/mol. The second-order valence-corrected chi connectivity index (χ2v) is 11.1. The summed E-state index contributed by atoms with van der Waals surface area (Å²) in [6, 6.07) is 15.2. The van der Waals surface area contributed by atoms with E-state index >= 15 is 0 Å². The number of amides is 1. The van der Waals surface area contributed by atoms with E-state index in [1.54, 1.807) is 41.3 Å². The Hall–Kier alpha value is -3.51. The van der Waals surface area contributed by atoms with E-state index in [0.29, 0.717) is 42.1 Å². The number of hydrogen-bond donors (Lipinski definition) is 0. The van der Waals surface area contributed by atoms with E-state index in [9.17, 15) is 31.1 Å². The molecule has 0 radical (unpaired) electrons. The first-order chi connectivity index (χ1) is 19.9. The number of likely N-dealkylation sites (tertiary alicyclic amines) is 1. The smallest absolute Gasteiger partial charge is 0.330 e. The number of benzene rings is 3. The van der Waals surface area contributed by atoms with Crippen LogP contribution in [0.1, 0.15) is 51.6 Å². The molecule has 3 aromatic carbocycles. The molecule has 4 aromatic rings. The largest absolute Gasteiger partial charge is 0.416 e. The fourth-order valence-corrected chi connectivity index (χ4v) is 5.77. The van der Waals surface area contributed by atoms with E-state index < -0.39 is 35.9 Å². The minimum absolute atomic E-state index is 0.0612. The molecule has 1 aromatic heterocycles. The topological polar surface area (TPSA) is 51.0 Å². The van der Waals surface area contributed by atoms with Crippen molar-refractivity contribution in [1.82, 2.24) is 19.9 Å². The van der Waals surface area contributed by atoms with Gasteiger partial charge in [0.2, 0.25) is 0 Å². The molecule has 220 valence electrons. The van der Waals surface area contributed by atoms with Gasteiger partial charge >= 0.3 is 12.4 Å². The Bertz CT molecular complexity index is 1570. The van der Waals surface area contributed by atoms with E-state index in [0.717, 1.165) is 15.1 Å². The van der Waals surface area contributed by atoms with Crippen LogP contribution in [0.25, 0.3) is 11.3 Å². The van der Waals surface area contributed by atoms with Gasteiger partial charge in [-0.05, 0) is 66.6 Å². The first-order valence-electron chi connectivity index (χ1n) is 12.8. The molecule has 42 heavy (non-hydrogen) atoms. The van der Waals surface area contributed by atoms with Gasteiger partial charge in [0.1, 0.15) is 5.69 Å². The van der Waals surface area contributed by atoms with Crippen molar-refractivity contribution in [1.29, 1.82) is 0 Å². The first-order valence-corrected chi connectivity index (χ1v) is 14.4. The Morgan fingerprint density at radius 2 is 1.62 bits per heavy atom. The van der Waals surface area contributed by atoms with Gasteiger partial charge in [-0.1, -0.05) is 47.1 Å². The zero-order valence-corrected chi connectivity index (χ0v) is 23.6. The molecule has 0 bridgehead atoms. The molecule has 0 saturated carbocycles. The molecule has 1 aliphatic rings. The number of aromatic nitrogens is 3. The second kappa shape index (κ2) is 11.6. The SMILES string of the molecule is CSc1ccc(-c2c(C(=O)N3CCCC3c3ccccc3Cl)nnn2Cc2cc(C(F)(F)F)cc(C(F)(F)F)c2)cc1. The number of carbonyl (C=O) groups is 1. The third-order valence-electron chi connectivity index (χ3n) is 7.06. The van der Waals surface area contributed by atoms with Gasteiger partial charge < -0.3 is 4.90 Å². The quantitative estimate of drug-likeness (QED) is 0.160. The zero-order chi connectivity index (χ0) is 30.2. The molecule has 1 fully saturated rings. The highest BCUT2D eigenvalue weighted by atomic mass is 35.5. The van der Waals surface area contributed by atoms with Gasteiger partial charge in [-0.3, -0.25) is 4.79 Å². The molecule has 1 amide bonds. The van der Waals surface area contributed by atoms with Gasteiger partial charge in [0.05, 0.1) is 23.7 Å².